The van der Waals surface area contributed by atoms with Crippen molar-refractivity contribution in [1.82, 2.24) is 15.2 Å². The first-order valence-corrected chi connectivity index (χ1v) is 8.97. The van der Waals surface area contributed by atoms with Gasteiger partial charge in [-0.25, -0.2) is 13.5 Å². The van der Waals surface area contributed by atoms with Gasteiger partial charge in [-0.15, -0.1) is 5.10 Å². The molecule has 1 aromatic heterocycles. The molecule has 0 bridgehead atoms. The van der Waals surface area contributed by atoms with Gasteiger partial charge in [0.25, 0.3) is 5.91 Å². The lowest BCUT2D eigenvalue weighted by molar-refractivity contribution is 0.102. The number of nitrogens with zero attached hydrogens (tertiary/aromatic N) is 2. The van der Waals surface area contributed by atoms with Crippen LogP contribution in [-0.4, -0.2) is 42.4 Å². The number of amides is 1. The van der Waals surface area contributed by atoms with E-state index in [0.717, 1.165) is 6.26 Å². The van der Waals surface area contributed by atoms with Crippen LogP contribution in [0.3, 0.4) is 0 Å². The Kier molecular flexibility index (Phi) is 4.03. The molecule has 2 N–H and O–H groups in total. The van der Waals surface area contributed by atoms with Crippen LogP contribution in [-0.2, 0) is 9.84 Å². The highest BCUT2D eigenvalue weighted by molar-refractivity contribution is 7.90. The van der Waals surface area contributed by atoms with Crippen molar-refractivity contribution in [3.05, 3.63) is 29.8 Å². The maximum atomic E-state index is 12.1. The van der Waals surface area contributed by atoms with Gasteiger partial charge >= 0.3 is 0 Å². The molecule has 1 fully saturated rings. The number of carbonyl (C=O) groups excluding carboxylic acids is 1. The Balaban J connectivity index is 1.62. The van der Waals surface area contributed by atoms with Crippen molar-refractivity contribution in [1.29, 1.82) is 0 Å². The molecule has 1 heterocycles. The summed E-state index contributed by atoms with van der Waals surface area (Å²) in [5.74, 6) is 0.848. The van der Waals surface area contributed by atoms with E-state index in [9.17, 15) is 13.2 Å². The first-order valence-electron chi connectivity index (χ1n) is 7.08. The van der Waals surface area contributed by atoms with Gasteiger partial charge in [0.15, 0.2) is 0 Å². The first kappa shape index (κ1) is 15.5. The summed E-state index contributed by atoms with van der Waals surface area (Å²) in [4.78, 5) is 15.8. The topological polar surface area (TPSA) is 114 Å². The van der Waals surface area contributed by atoms with Crippen LogP contribution in [0.1, 0.15) is 23.2 Å². The minimum absolute atomic E-state index is 0.0931. The van der Waals surface area contributed by atoms with Gasteiger partial charge in [0.05, 0.1) is 6.61 Å². The zero-order valence-corrected chi connectivity index (χ0v) is 13.3. The number of benzene rings is 1. The highest BCUT2D eigenvalue weighted by Gasteiger charge is 2.22. The van der Waals surface area contributed by atoms with Gasteiger partial charge in [-0.2, -0.15) is 4.98 Å². The number of carbonyl (C=O) groups is 1. The van der Waals surface area contributed by atoms with Crippen molar-refractivity contribution in [2.24, 2.45) is 5.92 Å². The normalized spacial score (nSPS) is 14.5. The van der Waals surface area contributed by atoms with E-state index in [4.69, 9.17) is 4.74 Å². The molecule has 1 saturated carbocycles. The highest BCUT2D eigenvalue weighted by Crippen LogP contribution is 2.29. The summed E-state index contributed by atoms with van der Waals surface area (Å²) in [5.41, 5.74) is 0.398. The molecule has 0 atom stereocenters. The number of rotatable bonds is 6. The summed E-state index contributed by atoms with van der Waals surface area (Å²) in [6.07, 6.45) is 3.43. The van der Waals surface area contributed by atoms with E-state index in [0.29, 0.717) is 23.8 Å². The standard InChI is InChI=1S/C14H16N4O4S/c1-23(20,21)14-16-13(17-18-14)15-12(19)10-4-6-11(7-5-10)22-8-9-2-3-9/h4-7,9H,2-3,8H2,1H3,(H2,15,16,17,18,19). The number of nitrogens with one attached hydrogen (secondary N) is 2. The molecule has 1 aliphatic carbocycles. The summed E-state index contributed by atoms with van der Waals surface area (Å²) in [7, 11) is -3.49. The lowest BCUT2D eigenvalue weighted by Gasteiger charge is -2.06. The van der Waals surface area contributed by atoms with Crippen LogP contribution >= 0.6 is 0 Å². The second-order valence-electron chi connectivity index (χ2n) is 5.47. The molecular formula is C14H16N4O4S. The Hall–Kier alpha value is -2.42. The van der Waals surface area contributed by atoms with Crippen molar-refractivity contribution in [3.63, 3.8) is 0 Å². The minimum Gasteiger partial charge on any atom is -0.493 e. The molecule has 0 spiro atoms. The number of hydrogen-bond donors (Lipinski definition) is 2. The third-order valence-electron chi connectivity index (χ3n) is 3.34. The molecule has 0 unspecified atom stereocenters. The van der Waals surface area contributed by atoms with Gasteiger partial charge < -0.3 is 4.74 Å². The number of H-pyrrole nitrogens is 1. The van der Waals surface area contributed by atoms with E-state index in [2.05, 4.69) is 20.5 Å². The van der Waals surface area contributed by atoms with E-state index in [-0.39, 0.29) is 11.1 Å². The fourth-order valence-corrected chi connectivity index (χ4v) is 2.31. The van der Waals surface area contributed by atoms with Crippen LogP contribution in [0.4, 0.5) is 5.95 Å². The van der Waals surface area contributed by atoms with Crippen molar-refractivity contribution in [2.45, 2.75) is 18.0 Å². The molecule has 1 aliphatic rings. The number of hydrogen-bond acceptors (Lipinski definition) is 6. The molecular weight excluding hydrogens is 320 g/mol. The van der Waals surface area contributed by atoms with Crippen molar-refractivity contribution in [2.75, 3.05) is 18.2 Å². The summed E-state index contributed by atoms with van der Waals surface area (Å²) >= 11 is 0. The van der Waals surface area contributed by atoms with Gasteiger partial charge in [0, 0.05) is 11.8 Å². The van der Waals surface area contributed by atoms with Crippen molar-refractivity contribution < 1.29 is 17.9 Å². The molecule has 1 aromatic carbocycles. The van der Waals surface area contributed by atoms with E-state index in [1.54, 1.807) is 24.3 Å². The zero-order chi connectivity index (χ0) is 16.4. The third kappa shape index (κ3) is 4.07. The van der Waals surface area contributed by atoms with Gasteiger partial charge in [-0.1, -0.05) is 0 Å². The molecule has 1 amide bonds. The van der Waals surface area contributed by atoms with Gasteiger partial charge in [-0.05, 0) is 43.0 Å². The average molecular weight is 336 g/mol. The quantitative estimate of drug-likeness (QED) is 0.820. The highest BCUT2D eigenvalue weighted by atomic mass is 32.2. The maximum absolute atomic E-state index is 12.1. The first-order chi connectivity index (χ1) is 10.9. The maximum Gasteiger partial charge on any atom is 0.258 e. The number of sulfone groups is 1. The van der Waals surface area contributed by atoms with E-state index < -0.39 is 15.7 Å². The van der Waals surface area contributed by atoms with Gasteiger partial charge in [-0.3, -0.25) is 10.1 Å². The zero-order valence-electron chi connectivity index (χ0n) is 12.4. The second-order valence-corrected chi connectivity index (χ2v) is 7.40. The molecule has 9 heteroatoms. The second kappa shape index (κ2) is 5.99. The van der Waals surface area contributed by atoms with E-state index in [1.807, 2.05) is 0 Å². The fourth-order valence-electron chi connectivity index (χ4n) is 1.84. The van der Waals surface area contributed by atoms with Crippen molar-refractivity contribution >= 4 is 21.7 Å². The minimum atomic E-state index is -3.49. The van der Waals surface area contributed by atoms with Crippen LogP contribution in [0.15, 0.2) is 29.4 Å². The van der Waals surface area contributed by atoms with Crippen LogP contribution in [0.5, 0.6) is 5.75 Å². The van der Waals surface area contributed by atoms with Crippen LogP contribution in [0, 0.1) is 5.92 Å². The monoisotopic (exact) mass is 336 g/mol. The Morgan fingerprint density at radius 2 is 2.04 bits per heavy atom. The molecule has 8 nitrogen and oxygen atoms in total. The molecule has 0 aliphatic heterocycles. The Labute approximate surface area is 133 Å². The lowest BCUT2D eigenvalue weighted by atomic mass is 10.2. The number of aromatic amines is 1. The van der Waals surface area contributed by atoms with Crippen molar-refractivity contribution in [3.8, 4) is 5.75 Å². The third-order valence-corrected chi connectivity index (χ3v) is 4.23. The molecule has 122 valence electrons. The predicted octanol–water partition coefficient (Wildman–Crippen LogP) is 1.25. The SMILES string of the molecule is CS(=O)(=O)c1nc(NC(=O)c2ccc(OCC3CC3)cc2)n[nH]1. The van der Waals surface area contributed by atoms with Gasteiger partial charge in [0.2, 0.25) is 20.9 Å². The Bertz CT molecular complexity index is 810. The summed E-state index contributed by atoms with van der Waals surface area (Å²) in [6, 6.07) is 6.69. The van der Waals surface area contributed by atoms with E-state index >= 15 is 0 Å². The van der Waals surface area contributed by atoms with Gasteiger partial charge in [0.1, 0.15) is 5.75 Å². The molecule has 3 rings (SSSR count). The Morgan fingerprint density at radius 3 is 2.61 bits per heavy atom. The van der Waals surface area contributed by atoms with E-state index in [1.165, 1.54) is 12.8 Å². The Morgan fingerprint density at radius 1 is 1.35 bits per heavy atom. The predicted molar refractivity (Wildman–Crippen MR) is 82.1 cm³/mol. The lowest BCUT2D eigenvalue weighted by Crippen LogP contribution is -2.13. The summed E-state index contributed by atoms with van der Waals surface area (Å²) in [6.45, 7) is 0.705. The molecule has 0 radical (unpaired) electrons. The number of aromatic nitrogens is 3. The summed E-state index contributed by atoms with van der Waals surface area (Å²) < 4.78 is 28.2. The molecule has 23 heavy (non-hydrogen) atoms. The number of ether oxygens (including phenoxy) is 1. The molecule has 0 saturated heterocycles. The average Bonchev–Trinajstić information content (AvgIpc) is 3.21. The molecule has 2 aromatic rings. The fraction of sp³-hybridized carbons (Fsp3) is 0.357. The van der Waals surface area contributed by atoms with Crippen LogP contribution < -0.4 is 10.1 Å². The van der Waals surface area contributed by atoms with Crippen LogP contribution in [0.25, 0.3) is 0 Å². The largest absolute Gasteiger partial charge is 0.493 e. The number of anilines is 1. The van der Waals surface area contributed by atoms with Crippen LogP contribution in [0.2, 0.25) is 0 Å². The smallest absolute Gasteiger partial charge is 0.258 e. The summed E-state index contributed by atoms with van der Waals surface area (Å²) in [5, 5.41) is 8.05.